The predicted molar refractivity (Wildman–Crippen MR) is 62.3 cm³/mol. The van der Waals surface area contributed by atoms with Gasteiger partial charge in [-0.2, -0.15) is 5.26 Å². The molecule has 0 radical (unpaired) electrons. The van der Waals surface area contributed by atoms with E-state index in [1.807, 2.05) is 13.8 Å². The molecule has 1 rings (SSSR count). The van der Waals surface area contributed by atoms with Gasteiger partial charge in [0, 0.05) is 12.0 Å². The largest absolute Gasteiger partial charge is 0.324 e. The second kappa shape index (κ2) is 4.95. The van der Waals surface area contributed by atoms with Crippen molar-refractivity contribution in [2.45, 2.75) is 33.2 Å². The third-order valence-electron chi connectivity index (χ3n) is 2.64. The molecule has 0 saturated heterocycles. The second-order valence-electron chi connectivity index (χ2n) is 4.21. The van der Waals surface area contributed by atoms with Crippen molar-refractivity contribution < 1.29 is 0 Å². The van der Waals surface area contributed by atoms with Crippen LogP contribution in [0.4, 0.5) is 0 Å². The number of nitrogens with zero attached hydrogens (tertiary/aromatic N) is 1. The first-order chi connectivity index (χ1) is 7.04. The lowest BCUT2D eigenvalue weighted by atomic mass is 9.95. The van der Waals surface area contributed by atoms with Crippen LogP contribution < -0.4 is 5.73 Å². The van der Waals surface area contributed by atoms with Gasteiger partial charge in [0.1, 0.15) is 0 Å². The van der Waals surface area contributed by atoms with Gasteiger partial charge < -0.3 is 5.73 Å². The third-order valence-corrected chi connectivity index (χ3v) is 2.64. The summed E-state index contributed by atoms with van der Waals surface area (Å²) in [5, 5.41) is 8.76. The van der Waals surface area contributed by atoms with Crippen LogP contribution in [0.5, 0.6) is 0 Å². The van der Waals surface area contributed by atoms with E-state index in [1.54, 1.807) is 0 Å². The molecule has 2 heteroatoms. The lowest BCUT2D eigenvalue weighted by Gasteiger charge is -2.11. The number of aryl methyl sites for hydroxylation is 1. The summed E-state index contributed by atoms with van der Waals surface area (Å²) in [6.45, 7) is 6.00. The van der Waals surface area contributed by atoms with Crippen molar-refractivity contribution >= 4 is 0 Å². The third kappa shape index (κ3) is 3.07. The molecule has 1 aromatic carbocycles. The Kier molecular flexibility index (Phi) is 3.88. The molecule has 0 bridgehead atoms. The minimum Gasteiger partial charge on any atom is -0.324 e. The second-order valence-corrected chi connectivity index (χ2v) is 4.21. The fraction of sp³-hybridized carbons (Fsp3) is 0.462. The normalized spacial score (nSPS) is 14.3. The summed E-state index contributed by atoms with van der Waals surface area (Å²) in [4.78, 5) is 0. The zero-order valence-electron chi connectivity index (χ0n) is 9.62. The van der Waals surface area contributed by atoms with Crippen LogP contribution in [0.15, 0.2) is 18.2 Å². The van der Waals surface area contributed by atoms with E-state index in [1.165, 1.54) is 11.1 Å². The van der Waals surface area contributed by atoms with Gasteiger partial charge in [-0.15, -0.1) is 0 Å². The average Bonchev–Trinajstić information content (AvgIpc) is 2.20. The number of rotatable bonds is 3. The number of benzene rings is 1. The topological polar surface area (TPSA) is 49.8 Å². The summed E-state index contributed by atoms with van der Waals surface area (Å²) in [6, 6.07) is 8.58. The molecule has 1 aromatic rings. The van der Waals surface area contributed by atoms with Crippen molar-refractivity contribution in [1.82, 2.24) is 0 Å². The Bertz CT molecular complexity index is 375. The number of nitriles is 1. The lowest BCUT2D eigenvalue weighted by Crippen LogP contribution is -2.06. The minimum atomic E-state index is 0.0739. The molecule has 2 N–H and O–H groups in total. The van der Waals surface area contributed by atoms with Crippen molar-refractivity contribution in [1.29, 1.82) is 5.26 Å². The van der Waals surface area contributed by atoms with Crippen molar-refractivity contribution in [3.63, 3.8) is 0 Å². The van der Waals surface area contributed by atoms with Gasteiger partial charge in [-0.3, -0.25) is 0 Å². The molecule has 80 valence electrons. The maximum absolute atomic E-state index is 8.76. The Morgan fingerprint density at radius 3 is 2.53 bits per heavy atom. The summed E-state index contributed by atoms with van der Waals surface area (Å²) in [5.41, 5.74) is 9.43. The van der Waals surface area contributed by atoms with Gasteiger partial charge >= 0.3 is 0 Å². The maximum atomic E-state index is 8.76. The van der Waals surface area contributed by atoms with E-state index in [2.05, 4.69) is 31.2 Å². The van der Waals surface area contributed by atoms with Crippen LogP contribution in [0.1, 0.15) is 36.6 Å². The molecule has 0 spiro atoms. The van der Waals surface area contributed by atoms with E-state index in [4.69, 9.17) is 11.0 Å². The van der Waals surface area contributed by atoms with E-state index >= 15 is 0 Å². The Hall–Kier alpha value is -1.33. The first-order valence-corrected chi connectivity index (χ1v) is 5.29. The van der Waals surface area contributed by atoms with Crippen LogP contribution in [0.25, 0.3) is 0 Å². The minimum absolute atomic E-state index is 0.0739. The van der Waals surface area contributed by atoms with Crippen LogP contribution in [0, 0.1) is 24.2 Å². The summed E-state index contributed by atoms with van der Waals surface area (Å²) < 4.78 is 0. The number of hydrogen-bond acceptors (Lipinski definition) is 2. The van der Waals surface area contributed by atoms with Crippen molar-refractivity contribution in [3.05, 3.63) is 34.9 Å². The van der Waals surface area contributed by atoms with E-state index in [-0.39, 0.29) is 12.0 Å². The molecule has 2 nitrogen and oxygen atoms in total. The summed E-state index contributed by atoms with van der Waals surface area (Å²) in [7, 11) is 0. The molecule has 0 amide bonds. The molecular weight excluding hydrogens is 184 g/mol. The lowest BCUT2D eigenvalue weighted by molar-refractivity contribution is 0.733. The van der Waals surface area contributed by atoms with Gasteiger partial charge in [-0.25, -0.2) is 0 Å². The van der Waals surface area contributed by atoms with E-state index < -0.39 is 0 Å². The first kappa shape index (κ1) is 11.7. The van der Waals surface area contributed by atoms with E-state index in [0.717, 1.165) is 12.0 Å². The van der Waals surface area contributed by atoms with Gasteiger partial charge in [0.2, 0.25) is 0 Å². The average molecular weight is 202 g/mol. The first-order valence-electron chi connectivity index (χ1n) is 5.29. The van der Waals surface area contributed by atoms with Crippen LogP contribution >= 0.6 is 0 Å². The van der Waals surface area contributed by atoms with Gasteiger partial charge in [0.15, 0.2) is 0 Å². The SMILES string of the molecule is Cc1cc(C(C)N)ccc1CC(C)C#N. The molecule has 0 fully saturated rings. The molecular formula is C13H18N2. The number of nitrogens with two attached hydrogens (primary N) is 1. The van der Waals surface area contributed by atoms with Crippen molar-refractivity contribution in [2.24, 2.45) is 11.7 Å². The van der Waals surface area contributed by atoms with Crippen molar-refractivity contribution in [3.8, 4) is 6.07 Å². The Morgan fingerprint density at radius 2 is 2.07 bits per heavy atom. The standard InChI is InChI=1S/C13H18N2/c1-9(8-14)6-12-4-5-13(11(3)15)7-10(12)2/h4-5,7,9,11H,6,15H2,1-3H3. The molecule has 2 atom stereocenters. The van der Waals surface area contributed by atoms with E-state index in [9.17, 15) is 0 Å². The van der Waals surface area contributed by atoms with Gasteiger partial charge in [-0.05, 0) is 43.9 Å². The highest BCUT2D eigenvalue weighted by Crippen LogP contribution is 2.18. The highest BCUT2D eigenvalue weighted by molar-refractivity contribution is 5.33. The molecule has 0 aliphatic heterocycles. The molecule has 0 saturated carbocycles. The van der Waals surface area contributed by atoms with Crippen LogP contribution in [-0.2, 0) is 6.42 Å². The maximum Gasteiger partial charge on any atom is 0.0656 e. The zero-order chi connectivity index (χ0) is 11.4. The molecule has 2 unspecified atom stereocenters. The predicted octanol–water partition coefficient (Wildman–Crippen LogP) is 2.72. The molecule has 0 aliphatic rings. The van der Waals surface area contributed by atoms with Crippen LogP contribution in [0.2, 0.25) is 0 Å². The fourth-order valence-electron chi connectivity index (χ4n) is 1.61. The number of hydrogen-bond donors (Lipinski definition) is 1. The Labute approximate surface area is 91.7 Å². The van der Waals surface area contributed by atoms with Gasteiger partial charge in [0.05, 0.1) is 6.07 Å². The molecule has 0 heterocycles. The van der Waals surface area contributed by atoms with E-state index in [0.29, 0.717) is 0 Å². The highest BCUT2D eigenvalue weighted by atomic mass is 14.6. The van der Waals surface area contributed by atoms with Gasteiger partial charge in [0.25, 0.3) is 0 Å². The van der Waals surface area contributed by atoms with Crippen LogP contribution in [0.3, 0.4) is 0 Å². The Morgan fingerprint density at radius 1 is 1.40 bits per heavy atom. The highest BCUT2D eigenvalue weighted by Gasteiger charge is 2.06. The summed E-state index contributed by atoms with van der Waals surface area (Å²) in [6.07, 6.45) is 0.821. The van der Waals surface area contributed by atoms with Gasteiger partial charge in [-0.1, -0.05) is 18.2 Å². The molecule has 0 aromatic heterocycles. The Balaban J connectivity index is 2.89. The fourth-order valence-corrected chi connectivity index (χ4v) is 1.61. The molecule has 15 heavy (non-hydrogen) atoms. The van der Waals surface area contributed by atoms with Crippen LogP contribution in [-0.4, -0.2) is 0 Å². The van der Waals surface area contributed by atoms with Crippen molar-refractivity contribution in [2.75, 3.05) is 0 Å². The quantitative estimate of drug-likeness (QED) is 0.819. The summed E-state index contributed by atoms with van der Waals surface area (Å²) >= 11 is 0. The summed E-state index contributed by atoms with van der Waals surface area (Å²) in [5.74, 6) is 0.0739. The molecule has 0 aliphatic carbocycles. The monoisotopic (exact) mass is 202 g/mol. The zero-order valence-corrected chi connectivity index (χ0v) is 9.62. The smallest absolute Gasteiger partial charge is 0.0656 e.